The molecule has 6 aromatic carbocycles. The first-order valence-corrected chi connectivity index (χ1v) is 19.7. The molecule has 0 amide bonds. The summed E-state index contributed by atoms with van der Waals surface area (Å²) in [4.78, 5) is 8.11. The number of rotatable bonds is 2. The Bertz CT molecular complexity index is 2110. The number of benzene rings is 6. The first kappa shape index (κ1) is 28.3. The number of hydrogen-bond donors (Lipinski definition) is 0. The average molecular weight is 646 g/mol. The van der Waals surface area contributed by atoms with Gasteiger partial charge in [-0.25, -0.2) is 0 Å². The van der Waals surface area contributed by atoms with Gasteiger partial charge in [0.25, 0.3) is 0 Å². The summed E-state index contributed by atoms with van der Waals surface area (Å²) < 4.78 is 0. The van der Waals surface area contributed by atoms with Crippen LogP contribution in [-0.4, -0.2) is 8.07 Å². The second kappa shape index (κ2) is 10.0. The van der Waals surface area contributed by atoms with Crippen LogP contribution in [0.3, 0.4) is 0 Å². The zero-order valence-electron chi connectivity index (χ0n) is 26.8. The van der Waals surface area contributed by atoms with Gasteiger partial charge >= 0.3 is 0 Å². The Morgan fingerprint density at radius 3 is 1.52 bits per heavy atom. The lowest BCUT2D eigenvalue weighted by Crippen LogP contribution is -2.78. The lowest BCUT2D eigenvalue weighted by Gasteiger charge is -2.46. The Kier molecular flexibility index (Phi) is 6.16. The van der Waals surface area contributed by atoms with Crippen molar-refractivity contribution in [2.45, 2.75) is 59.6 Å². The molecule has 0 aliphatic carbocycles. The predicted octanol–water partition coefficient (Wildman–Crippen LogP) is 9.03. The minimum absolute atomic E-state index is 0.101. The molecule has 9 rings (SSSR count). The third-order valence-electron chi connectivity index (χ3n) is 10.3. The molecule has 0 unspecified atom stereocenters. The van der Waals surface area contributed by atoms with Crippen molar-refractivity contribution < 1.29 is 0 Å². The highest BCUT2D eigenvalue weighted by molar-refractivity contribution is 8.01. The Morgan fingerprint density at radius 2 is 1.00 bits per heavy atom. The number of hydrogen-bond acceptors (Lipinski definition) is 3. The van der Waals surface area contributed by atoms with Crippen LogP contribution in [0.1, 0.15) is 41.7 Å². The molecule has 0 saturated carbocycles. The molecule has 0 N–H and O–H groups in total. The molecule has 0 fully saturated rings. The predicted molar refractivity (Wildman–Crippen MR) is 199 cm³/mol. The summed E-state index contributed by atoms with van der Waals surface area (Å²) in [6, 6.07) is 47.0. The molecule has 0 spiro atoms. The molecule has 0 saturated heterocycles. The maximum absolute atomic E-state index is 2.59. The van der Waals surface area contributed by atoms with E-state index in [0.29, 0.717) is 0 Å². The maximum atomic E-state index is 2.54. The van der Waals surface area contributed by atoms with Gasteiger partial charge in [-0.05, 0) is 89.0 Å². The van der Waals surface area contributed by atoms with Gasteiger partial charge in [-0.2, -0.15) is 0 Å². The van der Waals surface area contributed by atoms with Crippen molar-refractivity contribution in [3.05, 3.63) is 149 Å². The van der Waals surface area contributed by atoms with Crippen molar-refractivity contribution in [1.29, 1.82) is 0 Å². The van der Waals surface area contributed by atoms with Crippen LogP contribution in [0.4, 0.5) is 17.1 Å². The summed E-state index contributed by atoms with van der Waals surface area (Å²) >= 11 is 3.92. The van der Waals surface area contributed by atoms with Crippen LogP contribution in [0, 0.1) is 20.8 Å². The lowest BCUT2D eigenvalue weighted by atomic mass is 9.72. The van der Waals surface area contributed by atoms with Crippen molar-refractivity contribution in [3.8, 4) is 0 Å². The summed E-state index contributed by atoms with van der Waals surface area (Å²) in [6.45, 7) is 11.4. The minimum Gasteiger partial charge on any atom is -0.310 e. The van der Waals surface area contributed by atoms with Crippen LogP contribution in [0.2, 0.25) is 0 Å². The molecule has 0 atom stereocenters. The van der Waals surface area contributed by atoms with Crippen molar-refractivity contribution >= 4 is 69.4 Å². The van der Waals surface area contributed by atoms with Crippen molar-refractivity contribution in [2.75, 3.05) is 4.90 Å². The van der Waals surface area contributed by atoms with Gasteiger partial charge < -0.3 is 4.90 Å². The smallest absolute Gasteiger partial charge is 0.184 e. The van der Waals surface area contributed by atoms with Crippen molar-refractivity contribution in [1.82, 2.24) is 0 Å². The SMILES string of the molecule is Cc1ccc([Si]23c4ccccc4Sc4cc(N5c6ccc(C)cc6C(C)(C)c6cc(C)ccc65)cc(c42)Sc2ccccc23)cc1. The van der Waals surface area contributed by atoms with Gasteiger partial charge in [0.05, 0.1) is 11.4 Å². The van der Waals surface area contributed by atoms with E-state index in [1.54, 1.807) is 5.19 Å². The summed E-state index contributed by atoms with van der Waals surface area (Å²) in [5.74, 6) is 0. The molecule has 3 heterocycles. The molecule has 3 aliphatic rings. The monoisotopic (exact) mass is 645 g/mol. The third kappa shape index (κ3) is 3.84. The fourth-order valence-electron chi connectivity index (χ4n) is 8.12. The summed E-state index contributed by atoms with van der Waals surface area (Å²) in [5.41, 5.74) is 10.4. The fraction of sp³-hybridized carbons (Fsp3) is 0.143. The Balaban J connectivity index is 1.37. The van der Waals surface area contributed by atoms with E-state index in [1.807, 2.05) is 23.5 Å². The van der Waals surface area contributed by atoms with Crippen molar-refractivity contribution in [2.24, 2.45) is 0 Å². The number of anilines is 3. The van der Waals surface area contributed by atoms with Crippen LogP contribution in [0.15, 0.2) is 141 Å². The largest absolute Gasteiger partial charge is 0.310 e. The highest BCUT2D eigenvalue weighted by Crippen LogP contribution is 2.54. The van der Waals surface area contributed by atoms with Gasteiger partial charge in [0.2, 0.25) is 0 Å². The van der Waals surface area contributed by atoms with E-state index in [2.05, 4.69) is 161 Å². The fourth-order valence-corrected chi connectivity index (χ4v) is 17.4. The highest BCUT2D eigenvalue weighted by Gasteiger charge is 2.52. The van der Waals surface area contributed by atoms with E-state index in [-0.39, 0.29) is 5.41 Å². The Labute approximate surface area is 281 Å². The average Bonchev–Trinajstić information content (AvgIpc) is 3.05. The third-order valence-corrected chi connectivity index (χ3v) is 18.3. The van der Waals surface area contributed by atoms with Crippen LogP contribution >= 0.6 is 23.5 Å². The molecule has 0 bridgehead atoms. The molecule has 4 heteroatoms. The zero-order valence-corrected chi connectivity index (χ0v) is 29.4. The first-order valence-electron chi connectivity index (χ1n) is 16.1. The molecule has 1 nitrogen and oxygen atoms in total. The maximum Gasteiger partial charge on any atom is 0.184 e. The topological polar surface area (TPSA) is 3.24 Å². The second-order valence-electron chi connectivity index (χ2n) is 13.6. The van der Waals surface area contributed by atoms with E-state index in [9.17, 15) is 0 Å². The van der Waals surface area contributed by atoms with Gasteiger partial charge in [0.15, 0.2) is 8.07 Å². The summed E-state index contributed by atoms with van der Waals surface area (Å²) in [7, 11) is -2.59. The quantitative estimate of drug-likeness (QED) is 0.173. The Hall–Kier alpha value is -3.96. The van der Waals surface area contributed by atoms with E-state index >= 15 is 0 Å². The Morgan fingerprint density at radius 1 is 0.522 bits per heavy atom. The van der Waals surface area contributed by atoms with Gasteiger partial charge in [-0.15, -0.1) is 0 Å². The molecule has 3 aliphatic heterocycles. The van der Waals surface area contributed by atoms with Crippen LogP contribution in [-0.2, 0) is 5.41 Å². The van der Waals surface area contributed by atoms with E-state index in [0.717, 1.165) is 0 Å². The number of nitrogens with zero attached hydrogens (tertiary/aromatic N) is 1. The van der Waals surface area contributed by atoms with E-state index < -0.39 is 8.07 Å². The normalized spacial score (nSPS) is 16.1. The van der Waals surface area contributed by atoms with Crippen LogP contribution in [0.5, 0.6) is 0 Å². The lowest BCUT2D eigenvalue weighted by molar-refractivity contribution is 0.630. The molecule has 0 radical (unpaired) electrons. The first-order chi connectivity index (χ1) is 22.3. The molecule has 6 aromatic rings. The van der Waals surface area contributed by atoms with Crippen LogP contribution in [0.25, 0.3) is 0 Å². The molecule has 0 aromatic heterocycles. The van der Waals surface area contributed by atoms with Gasteiger partial charge in [0, 0.05) is 30.7 Å². The number of fused-ring (bicyclic) bond motifs is 6. The minimum atomic E-state index is -2.59. The molecule has 46 heavy (non-hydrogen) atoms. The second-order valence-corrected chi connectivity index (χ2v) is 19.5. The molecule has 224 valence electrons. The van der Waals surface area contributed by atoms with Crippen LogP contribution < -0.4 is 25.6 Å². The van der Waals surface area contributed by atoms with Crippen molar-refractivity contribution in [3.63, 3.8) is 0 Å². The van der Waals surface area contributed by atoms with Gasteiger partial charge in [0.1, 0.15) is 0 Å². The highest BCUT2D eigenvalue weighted by atomic mass is 32.2. The zero-order chi connectivity index (χ0) is 31.4. The standard InChI is InChI=1S/C42H35NS2Si/c1-26-14-18-30(19-15-26)46-39-12-8-6-10-35(39)44-37-24-29(25-38(41(37)46)45-36-11-7-9-13-40(36)46)43-33-20-16-27(2)22-31(33)42(4,5)32-23-28(3)17-21-34(32)43/h6-25H,1-5H3. The molecular formula is C42H35NS2Si. The van der Waals surface area contributed by atoms with Gasteiger partial charge in [-0.3, -0.25) is 0 Å². The van der Waals surface area contributed by atoms with E-state index in [4.69, 9.17) is 0 Å². The summed E-state index contributed by atoms with van der Waals surface area (Å²) in [6.07, 6.45) is 0. The van der Waals surface area contributed by atoms with Gasteiger partial charge in [-0.1, -0.05) is 139 Å². The van der Waals surface area contributed by atoms with E-state index in [1.165, 1.54) is 80.0 Å². The molecular weight excluding hydrogens is 611 g/mol. The summed E-state index contributed by atoms with van der Waals surface area (Å²) in [5, 5.41) is 6.05. The number of aryl methyl sites for hydroxylation is 3.